The average molecular weight is 617 g/mol. The number of amides is 2. The van der Waals surface area contributed by atoms with Crippen molar-refractivity contribution in [3.05, 3.63) is 71.9 Å². The molecule has 3 aliphatic heterocycles. The Morgan fingerprint density at radius 3 is 2.52 bits per heavy atom. The lowest BCUT2D eigenvalue weighted by Gasteiger charge is -2.43. The van der Waals surface area contributed by atoms with Crippen LogP contribution in [0.15, 0.2) is 60.1 Å². The molecular formula is C32H40N8O3S. The van der Waals surface area contributed by atoms with Gasteiger partial charge in [0, 0.05) is 70.4 Å². The maximum absolute atomic E-state index is 14.3. The third-order valence-electron chi connectivity index (χ3n) is 9.27. The Morgan fingerprint density at radius 2 is 1.84 bits per heavy atom. The zero-order valence-corrected chi connectivity index (χ0v) is 26.1. The van der Waals surface area contributed by atoms with E-state index < -0.39 is 10.0 Å². The van der Waals surface area contributed by atoms with Crippen molar-refractivity contribution in [2.75, 3.05) is 44.2 Å². The minimum absolute atomic E-state index is 0.0347. The maximum atomic E-state index is 14.3. The van der Waals surface area contributed by atoms with E-state index in [1.807, 2.05) is 45.8 Å². The summed E-state index contributed by atoms with van der Waals surface area (Å²) in [5.74, 6) is 0.108. The summed E-state index contributed by atoms with van der Waals surface area (Å²) in [4.78, 5) is 27.8. The number of sulfonamides is 1. The first-order valence-corrected chi connectivity index (χ1v) is 17.0. The molecule has 0 N–H and O–H groups in total. The second kappa shape index (κ2) is 13.0. The number of likely N-dealkylation sites (tertiary alicyclic amines) is 2. The van der Waals surface area contributed by atoms with E-state index >= 15 is 0 Å². The second-order valence-electron chi connectivity index (χ2n) is 12.2. The predicted octanol–water partition coefficient (Wildman–Crippen LogP) is 3.63. The molecule has 11 nitrogen and oxygen atoms in total. The Bertz CT molecular complexity index is 1610. The summed E-state index contributed by atoms with van der Waals surface area (Å²) in [7, 11) is -1.99. The second-order valence-corrected chi connectivity index (χ2v) is 14.0. The number of rotatable bonds is 7. The fourth-order valence-corrected chi connectivity index (χ4v) is 8.41. The van der Waals surface area contributed by atoms with Crippen molar-refractivity contribution in [1.29, 1.82) is 5.26 Å². The highest BCUT2D eigenvalue weighted by molar-refractivity contribution is 7.89. The highest BCUT2D eigenvalue weighted by Crippen LogP contribution is 2.34. The molecule has 3 aromatic rings. The number of pyridine rings is 1. The van der Waals surface area contributed by atoms with Crippen LogP contribution < -0.4 is 4.90 Å². The number of benzene rings is 1. The molecule has 2 fully saturated rings. The molecule has 2 saturated heterocycles. The van der Waals surface area contributed by atoms with Gasteiger partial charge in [0.1, 0.15) is 0 Å². The summed E-state index contributed by atoms with van der Waals surface area (Å²) >= 11 is 0. The Morgan fingerprint density at radius 1 is 1.07 bits per heavy atom. The lowest BCUT2D eigenvalue weighted by Crippen LogP contribution is -2.53. The molecule has 3 aliphatic rings. The van der Waals surface area contributed by atoms with Gasteiger partial charge in [0.15, 0.2) is 5.03 Å². The van der Waals surface area contributed by atoms with E-state index in [1.54, 1.807) is 28.8 Å². The van der Waals surface area contributed by atoms with Gasteiger partial charge in [-0.1, -0.05) is 6.07 Å². The van der Waals surface area contributed by atoms with Crippen molar-refractivity contribution in [1.82, 2.24) is 28.6 Å². The van der Waals surface area contributed by atoms with Crippen LogP contribution in [0.2, 0.25) is 0 Å². The number of hydrogen-bond acceptors (Lipinski definition) is 7. The number of nitriles is 1. The molecule has 5 heterocycles. The molecule has 0 spiro atoms. The van der Waals surface area contributed by atoms with Gasteiger partial charge in [0.2, 0.25) is 0 Å². The highest BCUT2D eigenvalue weighted by Gasteiger charge is 2.39. The number of imidazole rings is 1. The van der Waals surface area contributed by atoms with Gasteiger partial charge in [0.25, 0.3) is 10.0 Å². The summed E-state index contributed by atoms with van der Waals surface area (Å²) in [6, 6.07) is 12.6. The monoisotopic (exact) mass is 616 g/mol. The zero-order chi connectivity index (χ0) is 30.7. The Hall–Kier alpha value is -3.95. The van der Waals surface area contributed by atoms with Gasteiger partial charge in [-0.15, -0.1) is 0 Å². The molecule has 2 aromatic heterocycles. The molecular weight excluding hydrogens is 576 g/mol. The van der Waals surface area contributed by atoms with Gasteiger partial charge in [-0.3, -0.25) is 0 Å². The van der Waals surface area contributed by atoms with Gasteiger partial charge >= 0.3 is 6.03 Å². The minimum Gasteiger partial charge on any atom is -0.364 e. The summed E-state index contributed by atoms with van der Waals surface area (Å²) in [6.07, 6.45) is 10.4. The zero-order valence-electron chi connectivity index (χ0n) is 25.3. The number of anilines is 1. The highest BCUT2D eigenvalue weighted by atomic mass is 32.2. The SMILES string of the molecule is Cn1cncc1CN1CC(N(CC2CCN(C(=O)N3CCCCC3)CC2)S(=O)(=O)c2ccccn2)Cc2cc(C#N)ccc21. The van der Waals surface area contributed by atoms with Crippen molar-refractivity contribution in [2.45, 2.75) is 56.1 Å². The van der Waals surface area contributed by atoms with Gasteiger partial charge in [-0.2, -0.15) is 9.57 Å². The molecule has 0 bridgehead atoms. The molecule has 12 heteroatoms. The van der Waals surface area contributed by atoms with Crippen LogP contribution in [-0.2, 0) is 30.0 Å². The van der Waals surface area contributed by atoms with Crippen molar-refractivity contribution < 1.29 is 13.2 Å². The van der Waals surface area contributed by atoms with Crippen LogP contribution in [0.4, 0.5) is 10.5 Å². The van der Waals surface area contributed by atoms with E-state index in [-0.39, 0.29) is 23.0 Å². The summed E-state index contributed by atoms with van der Waals surface area (Å²) < 4.78 is 32.2. The number of aromatic nitrogens is 3. The number of nitrogens with zero attached hydrogens (tertiary/aromatic N) is 8. The summed E-state index contributed by atoms with van der Waals surface area (Å²) in [5, 5.41) is 9.68. The number of fused-ring (bicyclic) bond motifs is 1. The summed E-state index contributed by atoms with van der Waals surface area (Å²) in [5.41, 5.74) is 3.51. The van der Waals surface area contributed by atoms with Gasteiger partial charge in [-0.25, -0.2) is 23.2 Å². The van der Waals surface area contributed by atoms with Gasteiger partial charge < -0.3 is 19.3 Å². The molecule has 232 valence electrons. The van der Waals surface area contributed by atoms with E-state index in [9.17, 15) is 18.5 Å². The first-order valence-electron chi connectivity index (χ1n) is 15.5. The third kappa shape index (κ3) is 6.30. The molecule has 6 rings (SSSR count). The molecule has 44 heavy (non-hydrogen) atoms. The number of piperidine rings is 2. The van der Waals surface area contributed by atoms with Crippen LogP contribution in [0.25, 0.3) is 0 Å². The normalized spacial score (nSPS) is 19.6. The quantitative estimate of drug-likeness (QED) is 0.398. The van der Waals surface area contributed by atoms with Crippen molar-refractivity contribution in [2.24, 2.45) is 13.0 Å². The minimum atomic E-state index is -3.93. The maximum Gasteiger partial charge on any atom is 0.319 e. The number of hydrogen-bond donors (Lipinski definition) is 0. The van der Waals surface area contributed by atoms with Crippen molar-refractivity contribution >= 4 is 21.7 Å². The first-order chi connectivity index (χ1) is 21.3. The van der Waals surface area contributed by atoms with E-state index in [2.05, 4.69) is 20.9 Å². The Kier molecular flexibility index (Phi) is 8.86. The van der Waals surface area contributed by atoms with Gasteiger partial charge in [0.05, 0.1) is 30.2 Å². The fourth-order valence-electron chi connectivity index (χ4n) is 6.78. The van der Waals surface area contributed by atoms with Crippen LogP contribution in [-0.4, -0.2) is 88.4 Å². The lowest BCUT2D eigenvalue weighted by atomic mass is 9.93. The number of carbonyl (C=O) groups is 1. The topological polar surface area (TPSA) is 119 Å². The molecule has 1 atom stereocenters. The van der Waals surface area contributed by atoms with Crippen LogP contribution in [0.5, 0.6) is 0 Å². The average Bonchev–Trinajstić information content (AvgIpc) is 3.47. The van der Waals surface area contributed by atoms with Gasteiger partial charge in [-0.05, 0) is 80.3 Å². The third-order valence-corrected chi connectivity index (χ3v) is 11.1. The largest absolute Gasteiger partial charge is 0.364 e. The van der Waals surface area contributed by atoms with Crippen molar-refractivity contribution in [3.63, 3.8) is 0 Å². The van der Waals surface area contributed by atoms with Crippen LogP contribution in [0.1, 0.15) is 48.9 Å². The molecule has 2 amide bonds. The molecule has 1 aromatic carbocycles. The Balaban J connectivity index is 1.27. The number of urea groups is 1. The van der Waals surface area contributed by atoms with Crippen molar-refractivity contribution in [3.8, 4) is 6.07 Å². The number of aryl methyl sites for hydroxylation is 1. The molecule has 1 unspecified atom stereocenters. The Labute approximate surface area is 259 Å². The fraction of sp³-hybridized carbons (Fsp3) is 0.500. The lowest BCUT2D eigenvalue weighted by molar-refractivity contribution is 0.119. The first kappa shape index (κ1) is 30.1. The smallest absolute Gasteiger partial charge is 0.319 e. The van der Waals surface area contributed by atoms with Crippen LogP contribution in [0.3, 0.4) is 0 Å². The van der Waals surface area contributed by atoms with E-state index in [1.165, 1.54) is 12.6 Å². The van der Waals surface area contributed by atoms with E-state index in [0.29, 0.717) is 44.7 Å². The molecule has 0 aliphatic carbocycles. The van der Waals surface area contributed by atoms with E-state index in [0.717, 1.165) is 55.7 Å². The standard InChI is InChI=1S/C32H40N8O3S/c1-36-24-34-20-29(36)23-39-22-28(18-27-17-26(19-33)8-9-30(27)39)40(44(42,43)31-7-3-4-12-35-31)21-25-10-15-38(16-11-25)32(41)37-13-5-2-6-14-37/h3-4,7-9,12,17,20,24-25,28H,2,5-6,10-11,13-16,18,21-23H2,1H3. The number of carbonyl (C=O) groups excluding carboxylic acids is 1. The van der Waals surface area contributed by atoms with Crippen LogP contribution in [0, 0.1) is 17.2 Å². The van der Waals surface area contributed by atoms with E-state index in [4.69, 9.17) is 0 Å². The summed E-state index contributed by atoms with van der Waals surface area (Å²) in [6.45, 7) is 4.29. The predicted molar refractivity (Wildman–Crippen MR) is 166 cm³/mol. The molecule has 0 saturated carbocycles. The van der Waals surface area contributed by atoms with Crippen LogP contribution >= 0.6 is 0 Å². The molecule has 0 radical (unpaired) electrons.